The number of hydrogen-bond acceptors (Lipinski definition) is 4. The molecule has 108 valence electrons. The smallest absolute Gasteiger partial charge is 0.270 e. The van der Waals surface area contributed by atoms with Crippen LogP contribution in [-0.2, 0) is 4.79 Å². The monoisotopic (exact) mass is 283 g/mol. The molecule has 0 spiro atoms. The van der Waals surface area contributed by atoms with Crippen molar-refractivity contribution in [2.75, 3.05) is 6.54 Å². The average Bonchev–Trinajstić information content (AvgIpc) is 2.35. The largest absolute Gasteiger partial charge is 0.352 e. The van der Waals surface area contributed by atoms with Gasteiger partial charge in [-0.2, -0.15) is 0 Å². The van der Waals surface area contributed by atoms with Crippen molar-refractivity contribution in [1.29, 1.82) is 0 Å². The summed E-state index contributed by atoms with van der Waals surface area (Å²) in [6.45, 7) is 3.17. The van der Waals surface area contributed by atoms with E-state index in [0.717, 1.165) is 18.2 Å². The van der Waals surface area contributed by atoms with Gasteiger partial charge >= 0.3 is 0 Å². The van der Waals surface area contributed by atoms with Gasteiger partial charge in [-0.05, 0) is 19.9 Å². The molecular formula is C12H14FN3O4. The minimum atomic E-state index is -0.891. The van der Waals surface area contributed by atoms with Crippen molar-refractivity contribution >= 4 is 17.5 Å². The summed E-state index contributed by atoms with van der Waals surface area (Å²) in [6, 6.07) is 2.53. The number of carbonyl (C=O) groups excluding carboxylic acids is 2. The summed E-state index contributed by atoms with van der Waals surface area (Å²) < 4.78 is 13.4. The molecule has 0 saturated carbocycles. The molecule has 0 aliphatic rings. The molecule has 0 aliphatic carbocycles. The fourth-order valence-electron chi connectivity index (χ4n) is 1.43. The fourth-order valence-corrected chi connectivity index (χ4v) is 1.43. The molecule has 1 aromatic rings. The normalized spacial score (nSPS) is 10.2. The molecule has 20 heavy (non-hydrogen) atoms. The van der Waals surface area contributed by atoms with Crippen LogP contribution in [0.1, 0.15) is 24.2 Å². The Hall–Kier alpha value is -2.51. The molecule has 0 aliphatic heterocycles. The second-order valence-electron chi connectivity index (χ2n) is 4.33. The summed E-state index contributed by atoms with van der Waals surface area (Å²) in [5, 5.41) is 15.3. The Morgan fingerprint density at radius 3 is 2.60 bits per heavy atom. The molecule has 0 unspecified atom stereocenters. The third kappa shape index (κ3) is 4.30. The van der Waals surface area contributed by atoms with Crippen LogP contribution in [0.5, 0.6) is 0 Å². The topological polar surface area (TPSA) is 101 Å². The summed E-state index contributed by atoms with van der Waals surface area (Å²) in [7, 11) is 0. The number of nitro benzene ring substituents is 1. The first-order chi connectivity index (χ1) is 9.31. The van der Waals surface area contributed by atoms with Gasteiger partial charge in [-0.15, -0.1) is 0 Å². The van der Waals surface area contributed by atoms with Gasteiger partial charge in [0.05, 0.1) is 17.0 Å². The second-order valence-corrected chi connectivity index (χ2v) is 4.33. The van der Waals surface area contributed by atoms with Crippen LogP contribution in [0.2, 0.25) is 0 Å². The Bertz CT molecular complexity index is 546. The number of nitrogens with one attached hydrogen (secondary N) is 2. The number of carbonyl (C=O) groups is 2. The lowest BCUT2D eigenvalue weighted by Gasteiger charge is -2.09. The van der Waals surface area contributed by atoms with Crippen molar-refractivity contribution < 1.29 is 18.9 Å². The predicted molar refractivity (Wildman–Crippen MR) is 68.7 cm³/mol. The lowest BCUT2D eigenvalue weighted by atomic mass is 10.1. The summed E-state index contributed by atoms with van der Waals surface area (Å²) in [5.41, 5.74) is -0.875. The van der Waals surface area contributed by atoms with E-state index < -0.39 is 33.8 Å². The summed E-state index contributed by atoms with van der Waals surface area (Å²) in [4.78, 5) is 32.8. The number of halogens is 1. The fraction of sp³-hybridized carbons (Fsp3) is 0.333. The van der Waals surface area contributed by atoms with Gasteiger partial charge in [0, 0.05) is 18.2 Å². The minimum absolute atomic E-state index is 0.0889. The molecule has 0 saturated heterocycles. The van der Waals surface area contributed by atoms with Crippen molar-refractivity contribution in [2.45, 2.75) is 19.9 Å². The number of non-ortho nitro benzene ring substituents is 1. The van der Waals surface area contributed by atoms with Crippen LogP contribution in [0.4, 0.5) is 10.1 Å². The Balaban J connectivity index is 2.75. The standard InChI is InChI=1S/C12H14FN3O4/c1-7(2)15-11(17)6-14-12(18)9-5-8(16(19)20)3-4-10(9)13/h3-5,7H,6H2,1-2H3,(H,14,18)(H,15,17). The van der Waals surface area contributed by atoms with Crippen LogP contribution in [0.25, 0.3) is 0 Å². The number of hydrogen-bond donors (Lipinski definition) is 2. The SMILES string of the molecule is CC(C)NC(=O)CNC(=O)c1cc([N+](=O)[O-])ccc1F. The highest BCUT2D eigenvalue weighted by Crippen LogP contribution is 2.16. The van der Waals surface area contributed by atoms with E-state index in [1.807, 2.05) is 0 Å². The number of rotatable bonds is 5. The Morgan fingerprint density at radius 2 is 2.05 bits per heavy atom. The molecule has 0 fully saturated rings. The van der Waals surface area contributed by atoms with Gasteiger partial charge in [0.1, 0.15) is 5.82 Å². The molecule has 2 N–H and O–H groups in total. The maximum atomic E-state index is 13.4. The Morgan fingerprint density at radius 1 is 1.40 bits per heavy atom. The molecule has 0 aromatic heterocycles. The highest BCUT2D eigenvalue weighted by Gasteiger charge is 2.17. The summed E-state index contributed by atoms with van der Waals surface area (Å²) >= 11 is 0. The van der Waals surface area contributed by atoms with Crippen LogP contribution in [0, 0.1) is 15.9 Å². The highest BCUT2D eigenvalue weighted by atomic mass is 19.1. The lowest BCUT2D eigenvalue weighted by molar-refractivity contribution is -0.384. The van der Waals surface area contributed by atoms with E-state index in [2.05, 4.69) is 10.6 Å². The Labute approximate surface area is 114 Å². The van der Waals surface area contributed by atoms with Gasteiger partial charge in [-0.1, -0.05) is 0 Å². The lowest BCUT2D eigenvalue weighted by Crippen LogP contribution is -2.40. The number of amides is 2. The van der Waals surface area contributed by atoms with Gasteiger partial charge in [0.15, 0.2) is 0 Å². The first-order valence-corrected chi connectivity index (χ1v) is 5.82. The molecule has 1 aromatic carbocycles. The number of nitro groups is 1. The number of benzene rings is 1. The van der Waals surface area contributed by atoms with E-state index in [4.69, 9.17) is 0 Å². The molecule has 8 heteroatoms. The molecule has 0 atom stereocenters. The van der Waals surface area contributed by atoms with Crippen molar-refractivity contribution in [3.8, 4) is 0 Å². The van der Waals surface area contributed by atoms with Crippen LogP contribution >= 0.6 is 0 Å². The Kier molecular flexibility index (Phi) is 5.13. The molecule has 1 rings (SSSR count). The molecule has 7 nitrogen and oxygen atoms in total. The van der Waals surface area contributed by atoms with E-state index in [-0.39, 0.29) is 12.6 Å². The van der Waals surface area contributed by atoms with Gasteiger partial charge < -0.3 is 10.6 Å². The van der Waals surface area contributed by atoms with Crippen molar-refractivity contribution in [1.82, 2.24) is 10.6 Å². The molecule has 0 heterocycles. The van der Waals surface area contributed by atoms with Gasteiger partial charge in [0.25, 0.3) is 11.6 Å². The first-order valence-electron chi connectivity index (χ1n) is 5.82. The quantitative estimate of drug-likeness (QED) is 0.621. The average molecular weight is 283 g/mol. The van der Waals surface area contributed by atoms with Crippen LogP contribution < -0.4 is 10.6 Å². The maximum Gasteiger partial charge on any atom is 0.270 e. The highest BCUT2D eigenvalue weighted by molar-refractivity contribution is 5.97. The molecule has 0 radical (unpaired) electrons. The van der Waals surface area contributed by atoms with Crippen molar-refractivity contribution in [3.05, 3.63) is 39.7 Å². The van der Waals surface area contributed by atoms with Gasteiger partial charge in [-0.25, -0.2) is 4.39 Å². The van der Waals surface area contributed by atoms with Crippen molar-refractivity contribution in [2.24, 2.45) is 0 Å². The first kappa shape index (κ1) is 15.5. The zero-order valence-corrected chi connectivity index (χ0v) is 11.0. The molecule has 0 bridgehead atoms. The van der Waals surface area contributed by atoms with Crippen LogP contribution in [-0.4, -0.2) is 29.3 Å². The zero-order valence-electron chi connectivity index (χ0n) is 11.0. The maximum absolute atomic E-state index is 13.4. The summed E-state index contributed by atoms with van der Waals surface area (Å²) in [6.07, 6.45) is 0. The van der Waals surface area contributed by atoms with E-state index in [1.54, 1.807) is 13.8 Å². The predicted octanol–water partition coefficient (Wildman–Crippen LogP) is 0.988. The third-order valence-corrected chi connectivity index (χ3v) is 2.26. The van der Waals surface area contributed by atoms with Crippen molar-refractivity contribution in [3.63, 3.8) is 0 Å². The molecule has 2 amide bonds. The second kappa shape index (κ2) is 6.60. The van der Waals surface area contributed by atoms with E-state index >= 15 is 0 Å². The zero-order chi connectivity index (χ0) is 15.3. The van der Waals surface area contributed by atoms with E-state index in [1.165, 1.54) is 0 Å². The molecular weight excluding hydrogens is 269 g/mol. The third-order valence-electron chi connectivity index (χ3n) is 2.26. The van der Waals surface area contributed by atoms with Gasteiger partial charge in [0.2, 0.25) is 5.91 Å². The van der Waals surface area contributed by atoms with E-state index in [0.29, 0.717) is 0 Å². The van der Waals surface area contributed by atoms with Gasteiger partial charge in [-0.3, -0.25) is 19.7 Å². The minimum Gasteiger partial charge on any atom is -0.352 e. The van der Waals surface area contributed by atoms with E-state index in [9.17, 15) is 24.1 Å². The van der Waals surface area contributed by atoms with Crippen LogP contribution in [0.3, 0.4) is 0 Å². The summed E-state index contributed by atoms with van der Waals surface area (Å²) in [5.74, 6) is -2.21. The van der Waals surface area contributed by atoms with Crippen LogP contribution in [0.15, 0.2) is 18.2 Å². The number of nitrogens with zero attached hydrogens (tertiary/aromatic N) is 1.